The quantitative estimate of drug-likeness (QED) is 0.768. The van der Waals surface area contributed by atoms with Crippen molar-refractivity contribution in [1.29, 1.82) is 0 Å². The Morgan fingerprint density at radius 3 is 2.45 bits per heavy atom. The van der Waals surface area contributed by atoms with Crippen LogP contribution in [-0.2, 0) is 5.41 Å². The molecule has 1 unspecified atom stereocenters. The molecule has 0 aromatic heterocycles. The lowest BCUT2D eigenvalue weighted by atomic mass is 9.86. The molecule has 0 bridgehead atoms. The molecule has 1 saturated carbocycles. The smallest absolute Gasteiger partial charge is 0.130 e. The molecule has 0 radical (unpaired) electrons. The highest BCUT2D eigenvalue weighted by molar-refractivity contribution is 9.10. The number of aliphatic hydroxyl groups is 1. The van der Waals surface area contributed by atoms with Crippen LogP contribution in [0.4, 0.5) is 4.39 Å². The number of aliphatic hydroxyl groups excluding tert-OH is 1. The van der Waals surface area contributed by atoms with Crippen LogP contribution in [-0.4, -0.2) is 5.11 Å². The van der Waals surface area contributed by atoms with Gasteiger partial charge in [0.15, 0.2) is 0 Å². The number of halogens is 3. The Morgan fingerprint density at radius 1 is 1.20 bits per heavy atom. The van der Waals surface area contributed by atoms with E-state index in [-0.39, 0.29) is 11.0 Å². The van der Waals surface area contributed by atoms with Crippen molar-refractivity contribution >= 4 is 27.5 Å². The molecule has 1 nitrogen and oxygen atoms in total. The highest BCUT2D eigenvalue weighted by Gasteiger charge is 2.51. The van der Waals surface area contributed by atoms with Crippen LogP contribution in [0.2, 0.25) is 5.02 Å². The van der Waals surface area contributed by atoms with Gasteiger partial charge in [0, 0.05) is 15.5 Å². The van der Waals surface area contributed by atoms with Crippen LogP contribution < -0.4 is 0 Å². The summed E-state index contributed by atoms with van der Waals surface area (Å²) < 4.78 is 14.6. The number of hydrogen-bond acceptors (Lipinski definition) is 1. The molecular weight excluding hydrogens is 343 g/mol. The molecule has 1 N–H and O–H groups in total. The van der Waals surface area contributed by atoms with E-state index in [2.05, 4.69) is 15.9 Å². The highest BCUT2D eigenvalue weighted by atomic mass is 79.9. The summed E-state index contributed by atoms with van der Waals surface area (Å²) >= 11 is 9.21. The molecular formula is C16H13BrClFO. The van der Waals surface area contributed by atoms with E-state index in [0.717, 1.165) is 18.4 Å². The van der Waals surface area contributed by atoms with Gasteiger partial charge >= 0.3 is 0 Å². The van der Waals surface area contributed by atoms with Crippen LogP contribution in [0, 0.1) is 5.82 Å². The number of hydrogen-bond donors (Lipinski definition) is 1. The summed E-state index contributed by atoms with van der Waals surface area (Å²) in [5.41, 5.74) is 0.935. The van der Waals surface area contributed by atoms with E-state index >= 15 is 0 Å². The summed E-state index contributed by atoms with van der Waals surface area (Å²) in [6.45, 7) is 0. The molecule has 0 spiro atoms. The molecule has 20 heavy (non-hydrogen) atoms. The lowest BCUT2D eigenvalue weighted by molar-refractivity contribution is 0.129. The van der Waals surface area contributed by atoms with Gasteiger partial charge in [-0.25, -0.2) is 4.39 Å². The fraction of sp³-hybridized carbons (Fsp3) is 0.250. The van der Waals surface area contributed by atoms with E-state index in [4.69, 9.17) is 11.6 Å². The van der Waals surface area contributed by atoms with Crippen molar-refractivity contribution in [1.82, 2.24) is 0 Å². The molecule has 104 valence electrons. The summed E-state index contributed by atoms with van der Waals surface area (Å²) in [6, 6.07) is 12.6. The van der Waals surface area contributed by atoms with E-state index in [9.17, 15) is 9.50 Å². The zero-order chi connectivity index (χ0) is 14.3. The second kappa shape index (κ2) is 5.14. The van der Waals surface area contributed by atoms with E-state index < -0.39 is 11.9 Å². The van der Waals surface area contributed by atoms with Crippen LogP contribution in [0.25, 0.3) is 0 Å². The summed E-state index contributed by atoms with van der Waals surface area (Å²) in [4.78, 5) is 0. The minimum absolute atomic E-state index is 0.263. The van der Waals surface area contributed by atoms with Crippen molar-refractivity contribution in [3.63, 3.8) is 0 Å². The topological polar surface area (TPSA) is 20.2 Å². The zero-order valence-electron chi connectivity index (χ0n) is 10.6. The van der Waals surface area contributed by atoms with Gasteiger partial charge in [-0.05, 0) is 46.5 Å². The maximum Gasteiger partial charge on any atom is 0.130 e. The van der Waals surface area contributed by atoms with Gasteiger partial charge in [0.05, 0.1) is 11.1 Å². The molecule has 2 aromatic rings. The minimum atomic E-state index is -0.879. The fourth-order valence-electron chi connectivity index (χ4n) is 2.67. The predicted octanol–water partition coefficient (Wildman–Crippen LogP) is 5.01. The Morgan fingerprint density at radius 2 is 1.85 bits per heavy atom. The molecule has 1 aliphatic rings. The van der Waals surface area contributed by atoms with Crippen LogP contribution >= 0.6 is 27.5 Å². The Kier molecular flexibility index (Phi) is 3.61. The van der Waals surface area contributed by atoms with Crippen molar-refractivity contribution in [2.75, 3.05) is 0 Å². The van der Waals surface area contributed by atoms with Crippen LogP contribution in [0.1, 0.15) is 30.1 Å². The van der Waals surface area contributed by atoms with E-state index in [1.165, 1.54) is 12.1 Å². The van der Waals surface area contributed by atoms with Crippen LogP contribution in [0.5, 0.6) is 0 Å². The maximum absolute atomic E-state index is 14.1. The Hall–Kier alpha value is -0.900. The third-order valence-corrected chi connectivity index (χ3v) is 5.19. The average molecular weight is 356 g/mol. The fourth-order valence-corrected chi connectivity index (χ4v) is 3.16. The van der Waals surface area contributed by atoms with Gasteiger partial charge in [-0.3, -0.25) is 0 Å². The van der Waals surface area contributed by atoms with Gasteiger partial charge in [-0.2, -0.15) is 0 Å². The molecule has 0 heterocycles. The average Bonchev–Trinajstić information content (AvgIpc) is 3.25. The van der Waals surface area contributed by atoms with Gasteiger partial charge in [-0.1, -0.05) is 41.9 Å². The molecule has 1 aliphatic carbocycles. The standard InChI is InChI=1S/C16H13BrClFO/c17-12-9-14(19)11(8-13(12)18)15(20)16(6-7-16)10-4-2-1-3-5-10/h1-5,8-9,15,20H,6-7H2. The molecule has 1 fully saturated rings. The van der Waals surface area contributed by atoms with Gasteiger partial charge in [-0.15, -0.1) is 0 Å². The molecule has 2 aromatic carbocycles. The van der Waals surface area contributed by atoms with Crippen molar-refractivity contribution in [3.05, 3.63) is 68.9 Å². The Balaban J connectivity index is 2.01. The van der Waals surface area contributed by atoms with E-state index in [0.29, 0.717) is 9.50 Å². The van der Waals surface area contributed by atoms with Gasteiger partial charge in [0.2, 0.25) is 0 Å². The van der Waals surface area contributed by atoms with Crippen LogP contribution in [0.3, 0.4) is 0 Å². The van der Waals surface area contributed by atoms with Crippen LogP contribution in [0.15, 0.2) is 46.9 Å². The third-order valence-electron chi connectivity index (χ3n) is 3.99. The molecule has 0 saturated heterocycles. The normalized spacial score (nSPS) is 17.8. The van der Waals surface area contributed by atoms with Gasteiger partial charge in [0.1, 0.15) is 5.82 Å². The lowest BCUT2D eigenvalue weighted by Crippen LogP contribution is -2.19. The minimum Gasteiger partial charge on any atom is -0.387 e. The number of rotatable bonds is 3. The second-order valence-electron chi connectivity index (χ2n) is 5.21. The molecule has 0 amide bonds. The second-order valence-corrected chi connectivity index (χ2v) is 6.47. The summed E-state index contributed by atoms with van der Waals surface area (Å²) in [6.07, 6.45) is 0.826. The van der Waals surface area contributed by atoms with E-state index in [1.807, 2.05) is 30.3 Å². The largest absolute Gasteiger partial charge is 0.387 e. The summed E-state index contributed by atoms with van der Waals surface area (Å²) in [7, 11) is 0. The van der Waals surface area contributed by atoms with Crippen molar-refractivity contribution in [3.8, 4) is 0 Å². The highest BCUT2D eigenvalue weighted by Crippen LogP contribution is 2.57. The van der Waals surface area contributed by atoms with Crippen molar-refractivity contribution in [2.24, 2.45) is 0 Å². The van der Waals surface area contributed by atoms with Crippen molar-refractivity contribution < 1.29 is 9.50 Å². The van der Waals surface area contributed by atoms with E-state index in [1.54, 1.807) is 0 Å². The zero-order valence-corrected chi connectivity index (χ0v) is 13.0. The first-order chi connectivity index (χ1) is 9.54. The number of benzene rings is 2. The SMILES string of the molecule is OC(c1cc(Cl)c(Br)cc1F)C1(c2ccccc2)CC1. The Bertz CT molecular complexity index is 640. The first kappa shape index (κ1) is 14.1. The van der Waals surface area contributed by atoms with Crippen molar-refractivity contribution in [2.45, 2.75) is 24.4 Å². The first-order valence-corrected chi connectivity index (χ1v) is 7.60. The van der Waals surface area contributed by atoms with Gasteiger partial charge in [0.25, 0.3) is 0 Å². The molecule has 4 heteroatoms. The lowest BCUT2D eigenvalue weighted by Gasteiger charge is -2.24. The van der Waals surface area contributed by atoms with Gasteiger partial charge < -0.3 is 5.11 Å². The molecule has 0 aliphatic heterocycles. The first-order valence-electron chi connectivity index (χ1n) is 6.42. The predicted molar refractivity (Wildman–Crippen MR) is 81.4 cm³/mol. The maximum atomic E-state index is 14.1. The summed E-state index contributed by atoms with van der Waals surface area (Å²) in [5.74, 6) is -0.434. The molecule has 3 rings (SSSR count). The molecule has 1 atom stereocenters. The third kappa shape index (κ3) is 2.28. The monoisotopic (exact) mass is 354 g/mol. The Labute approximate surface area is 130 Å². The summed E-state index contributed by atoms with van der Waals surface area (Å²) in [5, 5.41) is 11.1.